The molecule has 0 aliphatic carbocycles. The van der Waals surface area contributed by atoms with Gasteiger partial charge in [0.25, 0.3) is 0 Å². The average molecular weight is 571 g/mol. The Morgan fingerprint density at radius 1 is 0.976 bits per heavy atom. The van der Waals surface area contributed by atoms with Crippen molar-refractivity contribution >= 4 is 29.6 Å². The minimum Gasteiger partial charge on any atom is -0.497 e. The zero-order chi connectivity index (χ0) is 30.4. The van der Waals surface area contributed by atoms with Gasteiger partial charge in [-0.25, -0.2) is 9.78 Å². The molecule has 1 aliphatic rings. The fourth-order valence-corrected chi connectivity index (χ4v) is 4.67. The van der Waals surface area contributed by atoms with Crippen molar-refractivity contribution in [2.24, 2.45) is 0 Å². The molecular weight excluding hydrogens is 533 g/mol. The van der Waals surface area contributed by atoms with E-state index in [9.17, 15) is 4.79 Å². The van der Waals surface area contributed by atoms with E-state index in [0.29, 0.717) is 29.5 Å². The first-order valence-electron chi connectivity index (χ1n) is 14.0. The first-order chi connectivity index (χ1) is 19.7. The third-order valence-corrected chi connectivity index (χ3v) is 7.58. The predicted molar refractivity (Wildman–Crippen MR) is 162 cm³/mol. The lowest BCUT2D eigenvalue weighted by molar-refractivity contribution is 0.00578. The molecule has 1 aliphatic heterocycles. The smallest absolute Gasteiger partial charge is 0.494 e. The maximum absolute atomic E-state index is 13.3. The number of carbonyl (C=O) groups excluding carboxylic acids is 1. The monoisotopic (exact) mass is 571 g/mol. The van der Waals surface area contributed by atoms with Crippen molar-refractivity contribution in [3.8, 4) is 22.9 Å². The van der Waals surface area contributed by atoms with Gasteiger partial charge in [-0.3, -0.25) is 4.57 Å². The summed E-state index contributed by atoms with van der Waals surface area (Å²) in [5.41, 5.74) is 2.20. The van der Waals surface area contributed by atoms with Gasteiger partial charge in [-0.1, -0.05) is 24.3 Å². The quantitative estimate of drug-likeness (QED) is 0.257. The van der Waals surface area contributed by atoms with Crippen LogP contribution in [0.15, 0.2) is 54.7 Å². The van der Waals surface area contributed by atoms with Crippen LogP contribution in [0.5, 0.6) is 11.6 Å². The van der Waals surface area contributed by atoms with E-state index in [1.807, 2.05) is 97.9 Å². The summed E-state index contributed by atoms with van der Waals surface area (Å²) in [5.74, 6) is 1.74. The number of aryl methyl sites for hydroxylation is 1. The lowest BCUT2D eigenvalue weighted by Crippen LogP contribution is -2.41. The number of carbonyl (C=O) groups is 1. The largest absolute Gasteiger partial charge is 0.497 e. The Labute approximate surface area is 247 Å². The third kappa shape index (κ3) is 6.01. The van der Waals surface area contributed by atoms with Crippen LogP contribution in [-0.2, 0) is 20.7 Å². The van der Waals surface area contributed by atoms with Gasteiger partial charge in [0.2, 0.25) is 5.88 Å². The second-order valence-corrected chi connectivity index (χ2v) is 12.5. The van der Waals surface area contributed by atoms with Crippen molar-refractivity contribution in [2.45, 2.75) is 78.8 Å². The van der Waals surface area contributed by atoms with E-state index in [4.69, 9.17) is 28.5 Å². The Kier molecular flexibility index (Phi) is 7.57. The topological polar surface area (TPSA) is 93.9 Å². The molecule has 0 saturated carbocycles. The molecule has 4 aromatic rings. The minimum atomic E-state index is -0.662. The Morgan fingerprint density at radius 3 is 2.26 bits per heavy atom. The molecule has 9 nitrogen and oxygen atoms in total. The van der Waals surface area contributed by atoms with Crippen molar-refractivity contribution in [1.82, 2.24) is 14.5 Å². The Balaban J connectivity index is 1.55. The van der Waals surface area contributed by atoms with Crippen molar-refractivity contribution in [3.63, 3.8) is 0 Å². The minimum absolute atomic E-state index is 0.325. The van der Waals surface area contributed by atoms with Gasteiger partial charge < -0.3 is 23.5 Å². The summed E-state index contributed by atoms with van der Waals surface area (Å²) in [7, 11) is 1.07. The van der Waals surface area contributed by atoms with E-state index in [1.54, 1.807) is 19.4 Å². The molecule has 3 heterocycles. The first kappa shape index (κ1) is 29.6. The van der Waals surface area contributed by atoms with Gasteiger partial charge in [0.05, 0.1) is 29.5 Å². The number of benzene rings is 2. The standard InChI is InChI=1S/C32H38BN3O6/c1-20-34-26(17-28(35-20)39-19-21-10-13-23(38-9)14-11-21)25-18-36(29(37)40-30(2,3)4)27-15-12-22(16-24(25)27)33-41-31(5,6)32(7,8)42-33/h10-18H,19H2,1-9H3. The number of hydrogen-bond acceptors (Lipinski definition) is 8. The van der Waals surface area contributed by atoms with Crippen LogP contribution in [0.2, 0.25) is 0 Å². The van der Waals surface area contributed by atoms with Gasteiger partial charge in [0.1, 0.15) is 23.8 Å². The molecule has 10 heteroatoms. The molecule has 5 rings (SSSR count). The Morgan fingerprint density at radius 2 is 1.64 bits per heavy atom. The van der Waals surface area contributed by atoms with Crippen LogP contribution < -0.4 is 14.9 Å². The van der Waals surface area contributed by atoms with Gasteiger partial charge in [0.15, 0.2) is 0 Å². The summed E-state index contributed by atoms with van der Waals surface area (Å²) >= 11 is 0. The van der Waals surface area contributed by atoms with Crippen molar-refractivity contribution in [2.75, 3.05) is 7.11 Å². The van der Waals surface area contributed by atoms with Crippen LogP contribution in [0.1, 0.15) is 59.9 Å². The maximum Gasteiger partial charge on any atom is 0.494 e. The fraction of sp³-hybridized carbons (Fsp3) is 0.406. The summed E-state index contributed by atoms with van der Waals surface area (Å²) in [5, 5.41) is 0.798. The van der Waals surface area contributed by atoms with Gasteiger partial charge in [-0.15, -0.1) is 0 Å². The van der Waals surface area contributed by atoms with E-state index in [0.717, 1.165) is 27.7 Å². The lowest BCUT2D eigenvalue weighted by atomic mass is 9.78. The van der Waals surface area contributed by atoms with Crippen molar-refractivity contribution in [3.05, 3.63) is 66.1 Å². The highest BCUT2D eigenvalue weighted by Crippen LogP contribution is 2.37. The van der Waals surface area contributed by atoms with E-state index < -0.39 is 30.0 Å². The number of fused-ring (bicyclic) bond motifs is 1. The molecule has 0 unspecified atom stereocenters. The molecule has 220 valence electrons. The van der Waals surface area contributed by atoms with E-state index in [2.05, 4.69) is 4.98 Å². The van der Waals surface area contributed by atoms with Crippen LogP contribution in [-0.4, -0.2) is 51.7 Å². The highest BCUT2D eigenvalue weighted by molar-refractivity contribution is 6.62. The van der Waals surface area contributed by atoms with E-state index >= 15 is 0 Å². The fourth-order valence-electron chi connectivity index (χ4n) is 4.67. The molecule has 1 saturated heterocycles. The average Bonchev–Trinajstić information content (AvgIpc) is 3.39. The summed E-state index contributed by atoms with van der Waals surface area (Å²) in [6.07, 6.45) is 1.27. The molecular formula is C32H38BN3O6. The second-order valence-electron chi connectivity index (χ2n) is 12.5. The van der Waals surface area contributed by atoms with Gasteiger partial charge >= 0.3 is 13.2 Å². The molecule has 2 aromatic heterocycles. The zero-order valence-electron chi connectivity index (χ0n) is 25.8. The number of nitrogens with zero attached hydrogens (tertiary/aromatic N) is 3. The third-order valence-electron chi connectivity index (χ3n) is 7.58. The molecule has 42 heavy (non-hydrogen) atoms. The molecule has 0 atom stereocenters. The Bertz CT molecular complexity index is 1610. The molecule has 0 amide bonds. The highest BCUT2D eigenvalue weighted by atomic mass is 16.7. The van der Waals surface area contributed by atoms with Crippen molar-refractivity contribution < 1.29 is 28.3 Å². The number of aromatic nitrogens is 3. The van der Waals surface area contributed by atoms with Crippen LogP contribution in [0, 0.1) is 6.92 Å². The van der Waals surface area contributed by atoms with Crippen LogP contribution in [0.3, 0.4) is 0 Å². The number of methoxy groups -OCH3 is 1. The number of hydrogen-bond donors (Lipinski definition) is 0. The molecule has 0 bridgehead atoms. The Hall–Kier alpha value is -3.89. The summed E-state index contributed by atoms with van der Waals surface area (Å²) < 4.78 is 31.2. The molecule has 2 aromatic carbocycles. The molecule has 0 radical (unpaired) electrons. The first-order valence-corrected chi connectivity index (χ1v) is 14.0. The maximum atomic E-state index is 13.3. The lowest BCUT2D eigenvalue weighted by Gasteiger charge is -2.32. The molecule has 0 spiro atoms. The highest BCUT2D eigenvalue weighted by Gasteiger charge is 2.51. The second kappa shape index (κ2) is 10.7. The van der Waals surface area contributed by atoms with Crippen LogP contribution in [0.25, 0.3) is 22.2 Å². The SMILES string of the molecule is COc1ccc(COc2cc(-c3cn(C(=O)OC(C)(C)C)c4ccc(B5OC(C)(C)C(C)(C)O5)cc34)nc(C)n2)cc1. The van der Waals surface area contributed by atoms with E-state index in [1.165, 1.54) is 4.57 Å². The summed E-state index contributed by atoms with van der Waals surface area (Å²) in [6, 6.07) is 15.2. The van der Waals surface area contributed by atoms with Gasteiger partial charge in [0, 0.05) is 23.2 Å². The van der Waals surface area contributed by atoms with Crippen LogP contribution in [0.4, 0.5) is 4.79 Å². The van der Waals surface area contributed by atoms with Gasteiger partial charge in [-0.2, -0.15) is 4.98 Å². The van der Waals surface area contributed by atoms with Gasteiger partial charge in [-0.05, 0) is 84.6 Å². The molecule has 0 N–H and O–H groups in total. The van der Waals surface area contributed by atoms with Crippen LogP contribution >= 0.6 is 0 Å². The predicted octanol–water partition coefficient (Wildman–Crippen LogP) is 6.08. The summed E-state index contributed by atoms with van der Waals surface area (Å²) in [4.78, 5) is 22.5. The molecule has 1 fully saturated rings. The zero-order valence-corrected chi connectivity index (χ0v) is 25.8. The van der Waals surface area contributed by atoms with E-state index in [-0.39, 0.29) is 0 Å². The number of rotatable bonds is 6. The summed E-state index contributed by atoms with van der Waals surface area (Å²) in [6.45, 7) is 15.7. The van der Waals surface area contributed by atoms with Crippen molar-refractivity contribution in [1.29, 1.82) is 0 Å². The normalized spacial score (nSPS) is 16.1. The number of ether oxygens (including phenoxy) is 3.